The first-order valence-corrected chi connectivity index (χ1v) is 9.45. The van der Waals surface area contributed by atoms with E-state index in [4.69, 9.17) is 4.74 Å². The van der Waals surface area contributed by atoms with Crippen LogP contribution in [-0.2, 0) is 9.59 Å². The Morgan fingerprint density at radius 3 is 2.06 bits per heavy atom. The minimum Gasteiger partial charge on any atom is -0.495 e. The molecule has 0 unspecified atom stereocenters. The Morgan fingerprint density at radius 1 is 0.839 bits per heavy atom. The largest absolute Gasteiger partial charge is 0.495 e. The second-order valence-corrected chi connectivity index (χ2v) is 7.01. The van der Waals surface area contributed by atoms with E-state index in [9.17, 15) is 18.4 Å². The molecule has 7 heteroatoms. The van der Waals surface area contributed by atoms with Gasteiger partial charge in [0.2, 0.25) is 0 Å². The van der Waals surface area contributed by atoms with Crippen LogP contribution in [0.25, 0.3) is 5.57 Å². The lowest BCUT2D eigenvalue weighted by Crippen LogP contribution is -2.32. The van der Waals surface area contributed by atoms with Crippen molar-refractivity contribution in [1.82, 2.24) is 0 Å². The number of rotatable bonds is 5. The maximum absolute atomic E-state index is 13.5. The van der Waals surface area contributed by atoms with Gasteiger partial charge in [-0.3, -0.25) is 9.59 Å². The van der Waals surface area contributed by atoms with Gasteiger partial charge in [-0.25, -0.2) is 13.7 Å². The molecule has 0 radical (unpaired) electrons. The van der Waals surface area contributed by atoms with Gasteiger partial charge in [0, 0.05) is 5.69 Å². The molecule has 3 aromatic carbocycles. The summed E-state index contributed by atoms with van der Waals surface area (Å²) in [7, 11) is 1.45. The van der Waals surface area contributed by atoms with E-state index in [0.29, 0.717) is 22.7 Å². The van der Waals surface area contributed by atoms with Crippen LogP contribution >= 0.6 is 0 Å². The van der Waals surface area contributed by atoms with Crippen molar-refractivity contribution in [2.45, 2.75) is 6.92 Å². The molecule has 0 atom stereocenters. The molecule has 1 N–H and O–H groups in total. The normalized spacial score (nSPS) is 13.7. The van der Waals surface area contributed by atoms with Gasteiger partial charge in [0.15, 0.2) is 0 Å². The number of halogens is 2. The number of imide groups is 1. The topological polar surface area (TPSA) is 58.6 Å². The van der Waals surface area contributed by atoms with E-state index in [1.165, 1.54) is 55.6 Å². The monoisotopic (exact) mass is 420 g/mol. The standard InChI is InChI=1S/C24H18F2N2O3/c1-14-3-12-20(31-2)19(13-14)28-23(29)21(15-4-6-16(25)7-5-15)22(24(28)30)27-18-10-8-17(26)9-11-18/h3-13,27H,1-2H3. The van der Waals surface area contributed by atoms with Gasteiger partial charge in [-0.2, -0.15) is 0 Å². The maximum Gasteiger partial charge on any atom is 0.282 e. The van der Waals surface area contributed by atoms with Crippen LogP contribution in [0.3, 0.4) is 0 Å². The second kappa shape index (κ2) is 8.02. The van der Waals surface area contributed by atoms with Crippen LogP contribution in [0, 0.1) is 18.6 Å². The Bertz CT molecular complexity index is 1200. The molecule has 31 heavy (non-hydrogen) atoms. The van der Waals surface area contributed by atoms with Gasteiger partial charge in [0.25, 0.3) is 11.8 Å². The summed E-state index contributed by atoms with van der Waals surface area (Å²) in [5.74, 6) is -1.72. The molecule has 0 spiro atoms. The number of ether oxygens (including phenoxy) is 1. The Morgan fingerprint density at radius 2 is 1.45 bits per heavy atom. The molecule has 0 fully saturated rings. The van der Waals surface area contributed by atoms with E-state index in [-0.39, 0.29) is 11.3 Å². The lowest BCUT2D eigenvalue weighted by molar-refractivity contribution is -0.120. The number of hydrogen-bond acceptors (Lipinski definition) is 4. The van der Waals surface area contributed by atoms with Crippen molar-refractivity contribution in [3.05, 3.63) is 95.2 Å². The average molecular weight is 420 g/mol. The van der Waals surface area contributed by atoms with Crippen LogP contribution < -0.4 is 15.0 Å². The van der Waals surface area contributed by atoms with Crippen molar-refractivity contribution >= 4 is 28.8 Å². The third-order valence-electron chi connectivity index (χ3n) is 4.91. The molecule has 3 aromatic rings. The van der Waals surface area contributed by atoms with Gasteiger partial charge in [0.1, 0.15) is 23.1 Å². The highest BCUT2D eigenvalue weighted by atomic mass is 19.1. The molecule has 0 saturated carbocycles. The van der Waals surface area contributed by atoms with Crippen molar-refractivity contribution in [3.63, 3.8) is 0 Å². The number of benzene rings is 3. The molecule has 0 saturated heterocycles. The van der Waals surface area contributed by atoms with E-state index in [0.717, 1.165) is 10.5 Å². The predicted molar refractivity (Wildman–Crippen MR) is 114 cm³/mol. The third kappa shape index (κ3) is 3.77. The summed E-state index contributed by atoms with van der Waals surface area (Å²) in [6, 6.07) is 15.8. The van der Waals surface area contributed by atoms with E-state index in [1.807, 2.05) is 6.92 Å². The lowest BCUT2D eigenvalue weighted by Gasteiger charge is -2.19. The first-order valence-electron chi connectivity index (χ1n) is 9.45. The molecule has 156 valence electrons. The molecule has 0 aliphatic carbocycles. The van der Waals surface area contributed by atoms with Gasteiger partial charge < -0.3 is 10.1 Å². The predicted octanol–water partition coefficient (Wildman–Crippen LogP) is 4.68. The maximum atomic E-state index is 13.5. The fraction of sp³-hybridized carbons (Fsp3) is 0.0833. The number of hydrogen-bond donors (Lipinski definition) is 1. The first-order chi connectivity index (χ1) is 14.9. The summed E-state index contributed by atoms with van der Waals surface area (Å²) in [6.07, 6.45) is 0. The molecule has 1 aliphatic rings. The van der Waals surface area contributed by atoms with Gasteiger partial charge in [-0.15, -0.1) is 0 Å². The van der Waals surface area contributed by atoms with Crippen LogP contribution in [0.4, 0.5) is 20.2 Å². The SMILES string of the molecule is COc1ccc(C)cc1N1C(=O)C(Nc2ccc(F)cc2)=C(c2ccc(F)cc2)C1=O. The number of carbonyl (C=O) groups is 2. The third-order valence-corrected chi connectivity index (χ3v) is 4.91. The number of nitrogens with zero attached hydrogens (tertiary/aromatic N) is 1. The quantitative estimate of drug-likeness (QED) is 0.609. The molecule has 0 bridgehead atoms. The van der Waals surface area contributed by atoms with Crippen LogP contribution in [-0.4, -0.2) is 18.9 Å². The summed E-state index contributed by atoms with van der Waals surface area (Å²) in [4.78, 5) is 27.9. The zero-order valence-electron chi connectivity index (χ0n) is 16.8. The number of amides is 2. The first kappa shape index (κ1) is 20.3. The minimum absolute atomic E-state index is 0.00627. The van der Waals surface area contributed by atoms with Gasteiger partial charge in [0.05, 0.1) is 18.4 Å². The molecule has 0 aromatic heterocycles. The number of carbonyl (C=O) groups excluding carboxylic acids is 2. The van der Waals surface area contributed by atoms with Crippen LogP contribution in [0.2, 0.25) is 0 Å². The molecule has 4 rings (SSSR count). The molecule has 1 aliphatic heterocycles. The van der Waals surface area contributed by atoms with E-state index in [1.54, 1.807) is 18.2 Å². The van der Waals surface area contributed by atoms with Gasteiger partial charge in [-0.05, 0) is 66.6 Å². The van der Waals surface area contributed by atoms with E-state index in [2.05, 4.69) is 5.32 Å². The summed E-state index contributed by atoms with van der Waals surface area (Å²) < 4.78 is 32.1. The zero-order valence-corrected chi connectivity index (χ0v) is 16.8. The van der Waals surface area contributed by atoms with E-state index < -0.39 is 23.4 Å². The number of aryl methyl sites for hydroxylation is 1. The molecule has 2 amide bonds. The Labute approximate surface area is 177 Å². The highest BCUT2D eigenvalue weighted by molar-refractivity contribution is 6.46. The number of nitrogens with one attached hydrogen (secondary N) is 1. The lowest BCUT2D eigenvalue weighted by atomic mass is 10.0. The van der Waals surface area contributed by atoms with Crippen LogP contribution in [0.5, 0.6) is 5.75 Å². The van der Waals surface area contributed by atoms with E-state index >= 15 is 0 Å². The Kier molecular flexibility index (Phi) is 5.25. The van der Waals surface area contributed by atoms with Crippen molar-refractivity contribution in [2.24, 2.45) is 0 Å². The van der Waals surface area contributed by atoms with Crippen molar-refractivity contribution in [2.75, 3.05) is 17.3 Å². The molecule has 5 nitrogen and oxygen atoms in total. The van der Waals surface area contributed by atoms with Gasteiger partial charge >= 0.3 is 0 Å². The summed E-state index contributed by atoms with van der Waals surface area (Å²) in [5.41, 5.74) is 2.02. The molecular weight excluding hydrogens is 402 g/mol. The minimum atomic E-state index is -0.599. The summed E-state index contributed by atoms with van der Waals surface area (Å²) in [5, 5.41) is 2.93. The van der Waals surface area contributed by atoms with Crippen molar-refractivity contribution in [1.29, 1.82) is 0 Å². The number of anilines is 2. The van der Waals surface area contributed by atoms with Crippen molar-refractivity contribution < 1.29 is 23.1 Å². The van der Waals surface area contributed by atoms with Crippen LogP contribution in [0.15, 0.2) is 72.4 Å². The number of methoxy groups -OCH3 is 1. The summed E-state index contributed by atoms with van der Waals surface area (Å²) in [6.45, 7) is 1.83. The summed E-state index contributed by atoms with van der Waals surface area (Å²) >= 11 is 0. The Balaban J connectivity index is 1.85. The average Bonchev–Trinajstić information content (AvgIpc) is 3.00. The fourth-order valence-electron chi connectivity index (χ4n) is 3.40. The zero-order chi connectivity index (χ0) is 22.1. The van der Waals surface area contributed by atoms with Gasteiger partial charge in [-0.1, -0.05) is 18.2 Å². The highest BCUT2D eigenvalue weighted by Gasteiger charge is 2.41. The molecular formula is C24H18F2N2O3. The highest BCUT2D eigenvalue weighted by Crippen LogP contribution is 2.38. The smallest absolute Gasteiger partial charge is 0.282 e. The van der Waals surface area contributed by atoms with Crippen molar-refractivity contribution in [3.8, 4) is 5.75 Å². The van der Waals surface area contributed by atoms with Crippen LogP contribution in [0.1, 0.15) is 11.1 Å². The Hall–Kier alpha value is -4.00. The molecule has 1 heterocycles. The second-order valence-electron chi connectivity index (χ2n) is 7.01. The fourth-order valence-corrected chi connectivity index (χ4v) is 3.40.